The number of para-hydroxylation sites is 1. The lowest BCUT2D eigenvalue weighted by Crippen LogP contribution is -2.48. The molecule has 0 spiro atoms. The minimum Gasteiger partial charge on any atom is -0.354 e. The number of aromatic nitrogens is 1. The van der Waals surface area contributed by atoms with Crippen molar-refractivity contribution in [2.24, 2.45) is 0 Å². The van der Waals surface area contributed by atoms with Gasteiger partial charge in [0, 0.05) is 38.1 Å². The van der Waals surface area contributed by atoms with E-state index < -0.39 is 0 Å². The van der Waals surface area contributed by atoms with Gasteiger partial charge in [0.05, 0.1) is 17.4 Å². The second-order valence-electron chi connectivity index (χ2n) is 6.03. The van der Waals surface area contributed by atoms with Crippen LogP contribution < -0.4 is 5.32 Å². The molecule has 1 aromatic heterocycles. The maximum atomic E-state index is 12.7. The van der Waals surface area contributed by atoms with Gasteiger partial charge in [-0.1, -0.05) is 25.1 Å². The third-order valence-electron chi connectivity index (χ3n) is 4.41. The third kappa shape index (κ3) is 3.96. The van der Waals surface area contributed by atoms with Gasteiger partial charge in [-0.15, -0.1) is 0 Å². The van der Waals surface area contributed by atoms with Gasteiger partial charge in [0.15, 0.2) is 0 Å². The number of carbonyl (C=O) groups excluding carboxylic acids is 2. The summed E-state index contributed by atoms with van der Waals surface area (Å²) in [5.41, 5.74) is 3.58. The molecule has 1 aliphatic rings. The number of amides is 2. The SMILES string of the molecule is CCc1ccccc1Nc1cncc(C(=O)N2CCN(C=O)CC2)c1. The van der Waals surface area contributed by atoms with E-state index in [0.717, 1.165) is 24.2 Å². The quantitative estimate of drug-likeness (QED) is 0.850. The highest BCUT2D eigenvalue weighted by Crippen LogP contribution is 2.22. The largest absolute Gasteiger partial charge is 0.354 e. The standard InChI is InChI=1S/C19H22N4O2/c1-2-15-5-3-4-6-18(15)21-17-11-16(12-20-13-17)19(25)23-9-7-22(14-24)8-10-23/h3-6,11-14,21H,2,7-10H2,1H3. The molecule has 0 radical (unpaired) electrons. The summed E-state index contributed by atoms with van der Waals surface area (Å²) in [6.45, 7) is 4.36. The zero-order valence-electron chi connectivity index (χ0n) is 14.3. The molecule has 25 heavy (non-hydrogen) atoms. The van der Waals surface area contributed by atoms with Crippen LogP contribution in [0.15, 0.2) is 42.7 Å². The summed E-state index contributed by atoms with van der Waals surface area (Å²) < 4.78 is 0. The summed E-state index contributed by atoms with van der Waals surface area (Å²) >= 11 is 0. The highest BCUT2D eigenvalue weighted by molar-refractivity contribution is 5.95. The molecule has 0 saturated carbocycles. The number of carbonyl (C=O) groups is 2. The molecule has 1 N–H and O–H groups in total. The van der Waals surface area contributed by atoms with E-state index in [0.29, 0.717) is 31.7 Å². The first-order valence-corrected chi connectivity index (χ1v) is 8.50. The van der Waals surface area contributed by atoms with Gasteiger partial charge in [-0.25, -0.2) is 0 Å². The van der Waals surface area contributed by atoms with Crippen LogP contribution in [0.4, 0.5) is 11.4 Å². The lowest BCUT2D eigenvalue weighted by atomic mass is 10.1. The van der Waals surface area contributed by atoms with Crippen LogP contribution >= 0.6 is 0 Å². The molecule has 130 valence electrons. The van der Waals surface area contributed by atoms with Crippen molar-refractivity contribution in [2.45, 2.75) is 13.3 Å². The van der Waals surface area contributed by atoms with Crippen LogP contribution in [0.1, 0.15) is 22.8 Å². The monoisotopic (exact) mass is 338 g/mol. The van der Waals surface area contributed by atoms with Crippen LogP contribution in [-0.4, -0.2) is 53.3 Å². The van der Waals surface area contributed by atoms with Gasteiger partial charge in [0.1, 0.15) is 0 Å². The summed E-state index contributed by atoms with van der Waals surface area (Å²) in [4.78, 5) is 31.1. The average Bonchev–Trinajstić information content (AvgIpc) is 2.68. The predicted molar refractivity (Wildman–Crippen MR) is 96.9 cm³/mol. The number of piperazine rings is 1. The number of hydrogen-bond acceptors (Lipinski definition) is 4. The third-order valence-corrected chi connectivity index (χ3v) is 4.41. The molecule has 2 amide bonds. The number of benzene rings is 1. The summed E-state index contributed by atoms with van der Waals surface area (Å²) in [6, 6.07) is 9.93. The lowest BCUT2D eigenvalue weighted by Gasteiger charge is -2.32. The van der Waals surface area contributed by atoms with Crippen LogP contribution in [-0.2, 0) is 11.2 Å². The maximum absolute atomic E-state index is 12.7. The number of nitrogens with one attached hydrogen (secondary N) is 1. The number of nitrogens with zero attached hydrogens (tertiary/aromatic N) is 3. The van der Waals surface area contributed by atoms with Gasteiger partial charge >= 0.3 is 0 Å². The number of pyridine rings is 1. The van der Waals surface area contributed by atoms with Crippen molar-refractivity contribution in [2.75, 3.05) is 31.5 Å². The highest BCUT2D eigenvalue weighted by atomic mass is 16.2. The molecule has 1 aromatic carbocycles. The fraction of sp³-hybridized carbons (Fsp3) is 0.316. The molecule has 0 bridgehead atoms. The van der Waals surface area contributed by atoms with E-state index in [9.17, 15) is 9.59 Å². The highest BCUT2D eigenvalue weighted by Gasteiger charge is 2.21. The van der Waals surface area contributed by atoms with E-state index in [1.165, 1.54) is 5.56 Å². The van der Waals surface area contributed by atoms with E-state index in [4.69, 9.17) is 0 Å². The topological polar surface area (TPSA) is 65.5 Å². The first-order valence-electron chi connectivity index (χ1n) is 8.50. The molecule has 0 aliphatic carbocycles. The van der Waals surface area contributed by atoms with E-state index in [1.54, 1.807) is 22.2 Å². The molecule has 0 atom stereocenters. The normalized spacial score (nSPS) is 14.3. The minimum absolute atomic E-state index is 0.0505. The molecule has 2 aromatic rings. The number of hydrogen-bond donors (Lipinski definition) is 1. The van der Waals surface area contributed by atoms with E-state index in [2.05, 4.69) is 23.3 Å². The zero-order valence-corrected chi connectivity index (χ0v) is 14.3. The van der Waals surface area contributed by atoms with Crippen LogP contribution in [0, 0.1) is 0 Å². The van der Waals surface area contributed by atoms with E-state index in [-0.39, 0.29) is 5.91 Å². The summed E-state index contributed by atoms with van der Waals surface area (Å²) in [5, 5.41) is 3.35. The van der Waals surface area contributed by atoms with Crippen molar-refractivity contribution in [3.05, 3.63) is 53.9 Å². The lowest BCUT2D eigenvalue weighted by molar-refractivity contribution is -0.119. The first-order chi connectivity index (χ1) is 12.2. The maximum Gasteiger partial charge on any atom is 0.255 e. The van der Waals surface area contributed by atoms with Crippen molar-refractivity contribution >= 4 is 23.7 Å². The minimum atomic E-state index is -0.0505. The van der Waals surface area contributed by atoms with Crippen LogP contribution in [0.25, 0.3) is 0 Å². The number of rotatable bonds is 5. The zero-order chi connectivity index (χ0) is 17.6. The second-order valence-corrected chi connectivity index (χ2v) is 6.03. The van der Waals surface area contributed by atoms with Gasteiger partial charge < -0.3 is 15.1 Å². The Morgan fingerprint density at radius 1 is 1.20 bits per heavy atom. The Morgan fingerprint density at radius 2 is 1.96 bits per heavy atom. The molecule has 1 aliphatic heterocycles. The summed E-state index contributed by atoms with van der Waals surface area (Å²) in [7, 11) is 0. The Bertz CT molecular complexity index is 755. The predicted octanol–water partition coefficient (Wildman–Crippen LogP) is 2.30. The summed E-state index contributed by atoms with van der Waals surface area (Å²) in [5.74, 6) is -0.0505. The Kier molecular flexibility index (Phi) is 5.28. The van der Waals surface area contributed by atoms with Gasteiger partial charge in [-0.05, 0) is 24.1 Å². The average molecular weight is 338 g/mol. The van der Waals surface area contributed by atoms with E-state index >= 15 is 0 Å². The fourth-order valence-corrected chi connectivity index (χ4v) is 2.94. The van der Waals surface area contributed by atoms with Crippen molar-refractivity contribution in [3.8, 4) is 0 Å². The van der Waals surface area contributed by atoms with Gasteiger partial charge in [-0.3, -0.25) is 14.6 Å². The molecule has 0 unspecified atom stereocenters. The van der Waals surface area contributed by atoms with Crippen molar-refractivity contribution in [1.82, 2.24) is 14.8 Å². The van der Waals surface area contributed by atoms with Gasteiger partial charge in [-0.2, -0.15) is 0 Å². The Labute approximate surface area is 147 Å². The molecule has 6 heteroatoms. The second kappa shape index (κ2) is 7.79. The Balaban J connectivity index is 1.73. The Morgan fingerprint density at radius 3 is 2.68 bits per heavy atom. The molecule has 1 saturated heterocycles. The van der Waals surface area contributed by atoms with Crippen molar-refractivity contribution in [3.63, 3.8) is 0 Å². The van der Waals surface area contributed by atoms with Crippen LogP contribution in [0.2, 0.25) is 0 Å². The molecule has 1 fully saturated rings. The van der Waals surface area contributed by atoms with Gasteiger partial charge in [0.2, 0.25) is 6.41 Å². The molecule has 2 heterocycles. The Hall–Kier alpha value is -2.89. The fourth-order valence-electron chi connectivity index (χ4n) is 2.94. The van der Waals surface area contributed by atoms with Gasteiger partial charge in [0.25, 0.3) is 5.91 Å². The van der Waals surface area contributed by atoms with Crippen molar-refractivity contribution < 1.29 is 9.59 Å². The van der Waals surface area contributed by atoms with Crippen LogP contribution in [0.5, 0.6) is 0 Å². The smallest absolute Gasteiger partial charge is 0.255 e. The van der Waals surface area contributed by atoms with E-state index in [1.807, 2.05) is 24.3 Å². The molecular weight excluding hydrogens is 316 g/mol. The number of aryl methyl sites for hydroxylation is 1. The molecular formula is C19H22N4O2. The summed E-state index contributed by atoms with van der Waals surface area (Å²) in [6.07, 6.45) is 5.06. The van der Waals surface area contributed by atoms with Crippen molar-refractivity contribution in [1.29, 1.82) is 0 Å². The first kappa shape index (κ1) is 17.0. The molecule has 3 rings (SSSR count). The van der Waals surface area contributed by atoms with Crippen LogP contribution in [0.3, 0.4) is 0 Å². The number of anilines is 2. The molecule has 6 nitrogen and oxygen atoms in total.